The predicted molar refractivity (Wildman–Crippen MR) is 126 cm³/mol. The molecule has 7 heteroatoms. The first kappa shape index (κ1) is 22.3. The van der Waals surface area contributed by atoms with Gasteiger partial charge in [0.1, 0.15) is 11.6 Å². The molecule has 0 saturated carbocycles. The van der Waals surface area contributed by atoms with E-state index in [-0.39, 0.29) is 29.5 Å². The first-order chi connectivity index (χ1) is 16.0. The molecule has 5 nitrogen and oxygen atoms in total. The number of amides is 1. The van der Waals surface area contributed by atoms with Crippen molar-refractivity contribution in [3.63, 3.8) is 0 Å². The molecular formula is C26H32F2N4O. The number of piperazine rings is 1. The largest absolute Gasteiger partial charge is 0.340 e. The molecule has 2 saturated heterocycles. The van der Waals surface area contributed by atoms with Gasteiger partial charge in [0.2, 0.25) is 5.91 Å². The molecule has 0 spiro atoms. The van der Waals surface area contributed by atoms with Crippen molar-refractivity contribution in [2.45, 2.75) is 31.2 Å². The number of likely N-dealkylation sites (tertiary alicyclic amines) is 1. The monoisotopic (exact) mass is 454 g/mol. The number of carbonyl (C=O) groups excluding carboxylic acids is 1. The van der Waals surface area contributed by atoms with E-state index in [9.17, 15) is 13.6 Å². The SMILES string of the molecule is CN1CCN(C(=O)CCCN2CC[C@@H]3[C@@H](C2)c2cc(F)ccc2N3c2ccc(F)cc2)CC1. The van der Waals surface area contributed by atoms with Crippen LogP contribution in [0, 0.1) is 11.6 Å². The maximum atomic E-state index is 14.2. The summed E-state index contributed by atoms with van der Waals surface area (Å²) in [6.07, 6.45) is 2.38. The Morgan fingerprint density at radius 1 is 0.970 bits per heavy atom. The van der Waals surface area contributed by atoms with E-state index in [4.69, 9.17) is 0 Å². The molecule has 0 bridgehead atoms. The first-order valence-electron chi connectivity index (χ1n) is 12.0. The number of hydrogen-bond donors (Lipinski definition) is 0. The van der Waals surface area contributed by atoms with Gasteiger partial charge in [-0.2, -0.15) is 0 Å². The minimum atomic E-state index is -0.255. The van der Waals surface area contributed by atoms with Gasteiger partial charge in [-0.15, -0.1) is 0 Å². The maximum absolute atomic E-state index is 14.2. The number of rotatable bonds is 5. The van der Waals surface area contributed by atoms with Crippen LogP contribution in [0.25, 0.3) is 0 Å². The lowest BCUT2D eigenvalue weighted by atomic mass is 9.89. The van der Waals surface area contributed by atoms with Crippen molar-refractivity contribution in [1.29, 1.82) is 0 Å². The standard InChI is InChI=1S/C26H32F2N4O/c1-29-13-15-31(16-14-29)26(33)3-2-11-30-12-10-25-23(18-30)22-17-20(28)6-9-24(22)32(25)21-7-4-19(27)5-8-21/h4-9,17,23,25H,2-3,10-16,18H2,1H3/t23-,25+/m0/s1. The summed E-state index contributed by atoms with van der Waals surface area (Å²) in [5, 5.41) is 0. The van der Waals surface area contributed by atoms with Crippen LogP contribution in [0.3, 0.4) is 0 Å². The van der Waals surface area contributed by atoms with E-state index in [1.807, 2.05) is 11.0 Å². The van der Waals surface area contributed by atoms with Gasteiger partial charge in [0.25, 0.3) is 0 Å². The Morgan fingerprint density at radius 2 is 1.70 bits per heavy atom. The summed E-state index contributed by atoms with van der Waals surface area (Å²) in [5.74, 6) is -0.0188. The molecule has 176 valence electrons. The molecule has 0 unspecified atom stereocenters. The Labute approximate surface area is 194 Å². The molecule has 3 aliphatic heterocycles. The quantitative estimate of drug-likeness (QED) is 0.687. The highest BCUT2D eigenvalue weighted by atomic mass is 19.1. The predicted octanol–water partition coefficient (Wildman–Crippen LogP) is 3.83. The maximum Gasteiger partial charge on any atom is 0.222 e. The third kappa shape index (κ3) is 4.62. The number of hydrogen-bond acceptors (Lipinski definition) is 4. The lowest BCUT2D eigenvalue weighted by Crippen LogP contribution is -2.47. The lowest BCUT2D eigenvalue weighted by molar-refractivity contribution is -0.132. The smallest absolute Gasteiger partial charge is 0.222 e. The van der Waals surface area contributed by atoms with Crippen molar-refractivity contribution in [3.8, 4) is 0 Å². The van der Waals surface area contributed by atoms with E-state index < -0.39 is 0 Å². The highest BCUT2D eigenvalue weighted by Crippen LogP contribution is 2.48. The molecule has 0 N–H and O–H groups in total. The second kappa shape index (κ2) is 9.39. The van der Waals surface area contributed by atoms with Crippen LogP contribution in [0.1, 0.15) is 30.7 Å². The van der Waals surface area contributed by atoms with Crippen molar-refractivity contribution in [2.75, 3.05) is 57.8 Å². The summed E-state index contributed by atoms with van der Waals surface area (Å²) in [4.78, 5) is 21.5. The van der Waals surface area contributed by atoms with E-state index >= 15 is 0 Å². The van der Waals surface area contributed by atoms with Crippen molar-refractivity contribution < 1.29 is 13.6 Å². The fourth-order valence-electron chi connectivity index (χ4n) is 5.65. The Morgan fingerprint density at radius 3 is 2.45 bits per heavy atom. The van der Waals surface area contributed by atoms with Gasteiger partial charge in [-0.25, -0.2) is 8.78 Å². The number of benzene rings is 2. The fourth-order valence-corrected chi connectivity index (χ4v) is 5.65. The van der Waals surface area contributed by atoms with Crippen LogP contribution in [-0.2, 0) is 4.79 Å². The number of halogens is 2. The van der Waals surface area contributed by atoms with Crippen molar-refractivity contribution in [1.82, 2.24) is 14.7 Å². The van der Waals surface area contributed by atoms with Gasteiger partial charge in [-0.05, 0) is 74.5 Å². The van der Waals surface area contributed by atoms with Gasteiger partial charge in [0.05, 0.1) is 0 Å². The van der Waals surface area contributed by atoms with Gasteiger partial charge >= 0.3 is 0 Å². The highest BCUT2D eigenvalue weighted by molar-refractivity contribution is 5.76. The minimum absolute atomic E-state index is 0.197. The molecule has 1 amide bonds. The van der Waals surface area contributed by atoms with Crippen LogP contribution in [-0.4, -0.2) is 79.5 Å². The molecule has 3 heterocycles. The Kier molecular flexibility index (Phi) is 6.34. The number of anilines is 2. The zero-order valence-electron chi connectivity index (χ0n) is 19.2. The number of nitrogens with zero attached hydrogens (tertiary/aromatic N) is 4. The van der Waals surface area contributed by atoms with E-state index in [1.165, 1.54) is 18.2 Å². The van der Waals surface area contributed by atoms with Crippen LogP contribution in [0.15, 0.2) is 42.5 Å². The molecule has 0 aromatic heterocycles. The summed E-state index contributed by atoms with van der Waals surface area (Å²) in [5.41, 5.74) is 3.00. The average molecular weight is 455 g/mol. The third-order valence-corrected chi connectivity index (χ3v) is 7.47. The normalized spacial score (nSPS) is 23.5. The summed E-state index contributed by atoms with van der Waals surface area (Å²) in [6.45, 7) is 6.21. The van der Waals surface area contributed by atoms with Gasteiger partial charge in [-0.1, -0.05) is 0 Å². The van der Waals surface area contributed by atoms with Crippen LogP contribution < -0.4 is 4.90 Å². The lowest BCUT2D eigenvalue weighted by Gasteiger charge is -2.39. The average Bonchev–Trinajstić information content (AvgIpc) is 3.13. The molecular weight excluding hydrogens is 422 g/mol. The zero-order valence-corrected chi connectivity index (χ0v) is 19.2. The van der Waals surface area contributed by atoms with Crippen molar-refractivity contribution in [3.05, 3.63) is 59.7 Å². The molecule has 2 fully saturated rings. The third-order valence-electron chi connectivity index (χ3n) is 7.47. The molecule has 3 aliphatic rings. The van der Waals surface area contributed by atoms with E-state index in [0.29, 0.717) is 6.42 Å². The second-order valence-electron chi connectivity index (χ2n) is 9.60. The molecule has 33 heavy (non-hydrogen) atoms. The Bertz CT molecular complexity index is 990. The number of fused-ring (bicyclic) bond motifs is 3. The van der Waals surface area contributed by atoms with Crippen molar-refractivity contribution in [2.24, 2.45) is 0 Å². The van der Waals surface area contributed by atoms with Crippen LogP contribution in [0.2, 0.25) is 0 Å². The van der Waals surface area contributed by atoms with E-state index in [2.05, 4.69) is 21.7 Å². The highest BCUT2D eigenvalue weighted by Gasteiger charge is 2.42. The molecule has 5 rings (SSSR count). The molecule has 0 aliphatic carbocycles. The topological polar surface area (TPSA) is 30.0 Å². The van der Waals surface area contributed by atoms with Gasteiger partial charge < -0.3 is 19.6 Å². The summed E-state index contributed by atoms with van der Waals surface area (Å²) in [6, 6.07) is 11.8. The van der Waals surface area contributed by atoms with Gasteiger partial charge in [0, 0.05) is 69.0 Å². The summed E-state index contributed by atoms with van der Waals surface area (Å²) in [7, 11) is 2.09. The molecule has 2 atom stereocenters. The van der Waals surface area contributed by atoms with Crippen LogP contribution >= 0.6 is 0 Å². The fraction of sp³-hybridized carbons (Fsp3) is 0.500. The van der Waals surface area contributed by atoms with Gasteiger partial charge in [-0.3, -0.25) is 4.79 Å². The van der Waals surface area contributed by atoms with Gasteiger partial charge in [0.15, 0.2) is 0 Å². The molecule has 2 aromatic carbocycles. The minimum Gasteiger partial charge on any atom is -0.340 e. The Balaban J connectivity index is 1.24. The van der Waals surface area contributed by atoms with Crippen LogP contribution in [0.5, 0.6) is 0 Å². The van der Waals surface area contributed by atoms with E-state index in [1.54, 1.807) is 18.2 Å². The van der Waals surface area contributed by atoms with E-state index in [0.717, 1.165) is 75.6 Å². The molecule has 2 aromatic rings. The first-order valence-corrected chi connectivity index (χ1v) is 12.0. The molecule has 0 radical (unpaired) electrons. The van der Waals surface area contributed by atoms with Crippen LogP contribution in [0.4, 0.5) is 20.2 Å². The number of likely N-dealkylation sites (N-methyl/N-ethyl adjacent to an activating group) is 1. The number of carbonyl (C=O) groups is 1. The Hall–Kier alpha value is -2.51. The zero-order chi connectivity index (χ0) is 22.9. The summed E-state index contributed by atoms with van der Waals surface area (Å²) < 4.78 is 27.7. The summed E-state index contributed by atoms with van der Waals surface area (Å²) >= 11 is 0. The number of piperidine rings is 1. The van der Waals surface area contributed by atoms with Crippen molar-refractivity contribution >= 4 is 17.3 Å². The second-order valence-corrected chi connectivity index (χ2v) is 9.60.